The van der Waals surface area contributed by atoms with Gasteiger partial charge in [-0.2, -0.15) is 0 Å². The number of carbonyl (C=O) groups excluding carboxylic acids is 1. The van der Waals surface area contributed by atoms with Gasteiger partial charge in [-0.15, -0.1) is 0 Å². The molecule has 3 heteroatoms. The van der Waals surface area contributed by atoms with Crippen molar-refractivity contribution in [1.82, 2.24) is 4.90 Å². The van der Waals surface area contributed by atoms with Crippen LogP contribution in [0.15, 0.2) is 0 Å². The molecule has 0 aromatic carbocycles. The van der Waals surface area contributed by atoms with Gasteiger partial charge in [-0.1, -0.05) is 50.5 Å². The van der Waals surface area contributed by atoms with Gasteiger partial charge in [0.15, 0.2) is 0 Å². The molecule has 0 fully saturated rings. The molecule has 0 saturated heterocycles. The van der Waals surface area contributed by atoms with E-state index in [1.54, 1.807) is 0 Å². The van der Waals surface area contributed by atoms with E-state index in [4.69, 9.17) is 0 Å². The second-order valence-corrected chi connectivity index (χ2v) is 5.70. The Labute approximate surface area is 103 Å². The summed E-state index contributed by atoms with van der Waals surface area (Å²) in [6, 6.07) is 0.384. The predicted molar refractivity (Wildman–Crippen MR) is 69.3 cm³/mol. The first-order valence-corrected chi connectivity index (χ1v) is 6.87. The lowest BCUT2D eigenvalue weighted by Crippen LogP contribution is -2.46. The van der Waals surface area contributed by atoms with Crippen LogP contribution in [0, 0.1) is 5.41 Å². The van der Waals surface area contributed by atoms with E-state index in [1.807, 2.05) is 25.7 Å². The Morgan fingerprint density at radius 1 is 1.27 bits per heavy atom. The molecule has 0 aromatic rings. The van der Waals surface area contributed by atoms with Crippen LogP contribution in [0.3, 0.4) is 0 Å². The first kappa shape index (κ1) is 14.9. The van der Waals surface area contributed by atoms with Crippen LogP contribution < -0.4 is 0 Å². The molecule has 0 aliphatic rings. The van der Waals surface area contributed by atoms with Gasteiger partial charge >= 0.3 is 0 Å². The molecule has 0 heterocycles. The average molecular weight is 278 g/mol. The molecule has 15 heavy (non-hydrogen) atoms. The van der Waals surface area contributed by atoms with E-state index >= 15 is 0 Å². The van der Waals surface area contributed by atoms with Crippen LogP contribution in [-0.4, -0.2) is 28.7 Å². The molecule has 0 N–H and O–H groups in total. The molecule has 0 spiro atoms. The number of carbonyl (C=O) groups is 1. The SMILES string of the molecule is CCC(CC)N(CCBr)C(=O)C(C)(C)C. The highest BCUT2D eigenvalue weighted by molar-refractivity contribution is 9.09. The van der Waals surface area contributed by atoms with Crippen LogP contribution >= 0.6 is 15.9 Å². The third-order valence-corrected chi connectivity index (χ3v) is 2.97. The normalized spacial score (nSPS) is 11.9. The fraction of sp³-hybridized carbons (Fsp3) is 0.917. The van der Waals surface area contributed by atoms with Crippen molar-refractivity contribution in [2.24, 2.45) is 5.41 Å². The summed E-state index contributed by atoms with van der Waals surface area (Å²) in [5.41, 5.74) is -0.273. The number of alkyl halides is 1. The lowest BCUT2D eigenvalue weighted by Gasteiger charge is -2.35. The van der Waals surface area contributed by atoms with Gasteiger partial charge < -0.3 is 4.90 Å². The Morgan fingerprint density at radius 2 is 1.73 bits per heavy atom. The first-order valence-electron chi connectivity index (χ1n) is 5.75. The Kier molecular flexibility index (Phi) is 6.49. The zero-order chi connectivity index (χ0) is 12.1. The molecule has 90 valence electrons. The van der Waals surface area contributed by atoms with Gasteiger partial charge in [-0.05, 0) is 12.8 Å². The molecule has 0 radical (unpaired) electrons. The highest BCUT2D eigenvalue weighted by Gasteiger charge is 2.29. The second kappa shape index (κ2) is 6.51. The summed E-state index contributed by atoms with van der Waals surface area (Å²) >= 11 is 3.42. The molecule has 1 amide bonds. The van der Waals surface area contributed by atoms with Gasteiger partial charge in [0.05, 0.1) is 0 Å². The third-order valence-electron chi connectivity index (χ3n) is 2.61. The summed E-state index contributed by atoms with van der Waals surface area (Å²) in [4.78, 5) is 14.2. The maximum absolute atomic E-state index is 12.2. The highest BCUT2D eigenvalue weighted by Crippen LogP contribution is 2.21. The minimum atomic E-state index is -0.273. The van der Waals surface area contributed by atoms with E-state index in [-0.39, 0.29) is 11.3 Å². The summed E-state index contributed by atoms with van der Waals surface area (Å²) in [6.07, 6.45) is 2.07. The van der Waals surface area contributed by atoms with Gasteiger partial charge in [0.25, 0.3) is 0 Å². The standard InChI is InChI=1S/C12H24BrNO/c1-6-10(7-2)14(9-8-13)11(15)12(3,4)5/h10H,6-9H2,1-5H3. The number of nitrogens with zero attached hydrogens (tertiary/aromatic N) is 1. The Bertz CT molecular complexity index is 194. The largest absolute Gasteiger partial charge is 0.338 e. The van der Waals surface area contributed by atoms with Crippen LogP contribution in [0.2, 0.25) is 0 Å². The molecular weight excluding hydrogens is 254 g/mol. The molecule has 0 aliphatic carbocycles. The summed E-state index contributed by atoms with van der Waals surface area (Å²) in [7, 11) is 0. The van der Waals surface area contributed by atoms with Crippen molar-refractivity contribution >= 4 is 21.8 Å². The molecule has 0 atom stereocenters. The fourth-order valence-electron chi connectivity index (χ4n) is 1.70. The molecule has 0 aliphatic heterocycles. The molecule has 0 saturated carbocycles. The van der Waals surface area contributed by atoms with E-state index < -0.39 is 0 Å². The van der Waals surface area contributed by atoms with Crippen LogP contribution in [0.4, 0.5) is 0 Å². The minimum Gasteiger partial charge on any atom is -0.338 e. The first-order chi connectivity index (χ1) is 6.88. The average Bonchev–Trinajstić information content (AvgIpc) is 2.16. The Balaban J connectivity index is 4.71. The minimum absolute atomic E-state index is 0.260. The quantitative estimate of drug-likeness (QED) is 0.705. The monoisotopic (exact) mass is 277 g/mol. The van der Waals surface area contributed by atoms with Crippen molar-refractivity contribution < 1.29 is 4.79 Å². The van der Waals surface area contributed by atoms with Gasteiger partial charge in [-0.25, -0.2) is 0 Å². The number of rotatable bonds is 5. The van der Waals surface area contributed by atoms with E-state index in [2.05, 4.69) is 29.8 Å². The van der Waals surface area contributed by atoms with E-state index in [1.165, 1.54) is 0 Å². The number of amides is 1. The van der Waals surface area contributed by atoms with Crippen LogP contribution in [0.25, 0.3) is 0 Å². The van der Waals surface area contributed by atoms with Crippen molar-refractivity contribution in [3.05, 3.63) is 0 Å². The Hall–Kier alpha value is -0.0500. The van der Waals surface area contributed by atoms with Crippen molar-refractivity contribution in [1.29, 1.82) is 0 Å². The molecule has 0 unspecified atom stereocenters. The van der Waals surface area contributed by atoms with Crippen LogP contribution in [-0.2, 0) is 4.79 Å². The third kappa shape index (κ3) is 4.54. The topological polar surface area (TPSA) is 20.3 Å². The summed E-state index contributed by atoms with van der Waals surface area (Å²) in [5.74, 6) is 0.260. The van der Waals surface area contributed by atoms with Crippen molar-refractivity contribution in [3.8, 4) is 0 Å². The van der Waals surface area contributed by atoms with E-state index in [9.17, 15) is 4.79 Å². The van der Waals surface area contributed by atoms with Crippen molar-refractivity contribution in [2.45, 2.75) is 53.5 Å². The Morgan fingerprint density at radius 3 is 2.00 bits per heavy atom. The summed E-state index contributed by atoms with van der Waals surface area (Å²) < 4.78 is 0. The maximum Gasteiger partial charge on any atom is 0.228 e. The zero-order valence-corrected chi connectivity index (χ0v) is 12.2. The zero-order valence-electron chi connectivity index (χ0n) is 10.6. The molecule has 2 nitrogen and oxygen atoms in total. The summed E-state index contributed by atoms with van der Waals surface area (Å²) in [6.45, 7) is 11.1. The summed E-state index contributed by atoms with van der Waals surface area (Å²) in [5, 5.41) is 0.853. The van der Waals surface area contributed by atoms with Gasteiger partial charge in [0.2, 0.25) is 5.91 Å². The molecule has 0 aromatic heterocycles. The van der Waals surface area contributed by atoms with Crippen molar-refractivity contribution in [3.63, 3.8) is 0 Å². The number of halogens is 1. The number of hydrogen-bond donors (Lipinski definition) is 0. The molecule has 0 bridgehead atoms. The fourth-order valence-corrected chi connectivity index (χ4v) is 2.08. The molecular formula is C12H24BrNO. The van der Waals surface area contributed by atoms with Crippen LogP contribution in [0.1, 0.15) is 47.5 Å². The smallest absolute Gasteiger partial charge is 0.228 e. The second-order valence-electron chi connectivity index (χ2n) is 4.91. The lowest BCUT2D eigenvalue weighted by molar-refractivity contribution is -0.141. The van der Waals surface area contributed by atoms with Gasteiger partial charge in [0, 0.05) is 23.3 Å². The van der Waals surface area contributed by atoms with E-state index in [0.29, 0.717) is 6.04 Å². The maximum atomic E-state index is 12.2. The van der Waals surface area contributed by atoms with Crippen LogP contribution in [0.5, 0.6) is 0 Å². The highest BCUT2D eigenvalue weighted by atomic mass is 79.9. The lowest BCUT2D eigenvalue weighted by atomic mass is 9.93. The predicted octanol–water partition coefficient (Wildman–Crippen LogP) is 3.44. The van der Waals surface area contributed by atoms with Gasteiger partial charge in [-0.3, -0.25) is 4.79 Å². The number of hydrogen-bond acceptors (Lipinski definition) is 1. The molecule has 0 rings (SSSR count). The van der Waals surface area contributed by atoms with E-state index in [0.717, 1.165) is 24.7 Å². The van der Waals surface area contributed by atoms with Gasteiger partial charge in [0.1, 0.15) is 0 Å². The van der Waals surface area contributed by atoms with Crippen molar-refractivity contribution in [2.75, 3.05) is 11.9 Å².